The van der Waals surface area contributed by atoms with Crippen molar-refractivity contribution >= 4 is 11.9 Å². The van der Waals surface area contributed by atoms with Crippen LogP contribution in [0.25, 0.3) is 0 Å². The number of nitrogens with one attached hydrogen (secondary N) is 2. The zero-order valence-electron chi connectivity index (χ0n) is 8.50. The molecule has 82 valence electrons. The zero-order valence-corrected chi connectivity index (χ0v) is 8.50. The van der Waals surface area contributed by atoms with Crippen LogP contribution in [0, 0.1) is 0 Å². The van der Waals surface area contributed by atoms with Crippen molar-refractivity contribution < 1.29 is 14.3 Å². The molecule has 1 atom stereocenters. The Morgan fingerprint density at radius 1 is 1.50 bits per heavy atom. The number of rotatable bonds is 6. The summed E-state index contributed by atoms with van der Waals surface area (Å²) in [6, 6.07) is -0.775. The molecule has 0 aromatic carbocycles. The van der Waals surface area contributed by atoms with Gasteiger partial charge < -0.3 is 15.8 Å². The van der Waals surface area contributed by atoms with E-state index < -0.39 is 11.9 Å². The van der Waals surface area contributed by atoms with Gasteiger partial charge >= 0.3 is 6.03 Å². The molecule has 0 spiro atoms. The quantitative estimate of drug-likeness (QED) is 0.526. The summed E-state index contributed by atoms with van der Waals surface area (Å²) < 4.78 is 5.12. The van der Waals surface area contributed by atoms with Crippen molar-refractivity contribution in [3.8, 4) is 0 Å². The number of ether oxygens (including phenoxy) is 1. The molecule has 3 amide bonds. The largest absolute Gasteiger partial charge is 0.380 e. The second-order valence-corrected chi connectivity index (χ2v) is 2.85. The molecule has 0 aliphatic rings. The van der Waals surface area contributed by atoms with Gasteiger partial charge in [-0.05, 0) is 13.8 Å². The van der Waals surface area contributed by atoms with E-state index in [-0.39, 0.29) is 12.6 Å². The Hall–Kier alpha value is -1.14. The van der Waals surface area contributed by atoms with Gasteiger partial charge in [-0.25, -0.2) is 4.79 Å². The third kappa shape index (κ3) is 7.51. The molecular weight excluding hydrogens is 186 g/mol. The van der Waals surface area contributed by atoms with Gasteiger partial charge in [-0.15, -0.1) is 0 Å². The average molecular weight is 203 g/mol. The van der Waals surface area contributed by atoms with Crippen LogP contribution in [0.1, 0.15) is 13.8 Å². The molecule has 6 heteroatoms. The van der Waals surface area contributed by atoms with Crippen LogP contribution in [0.5, 0.6) is 0 Å². The summed E-state index contributed by atoms with van der Waals surface area (Å²) in [5, 5.41) is 4.83. The van der Waals surface area contributed by atoms with E-state index in [1.54, 1.807) is 0 Å². The summed E-state index contributed by atoms with van der Waals surface area (Å²) in [7, 11) is 0. The first-order chi connectivity index (χ1) is 6.56. The highest BCUT2D eigenvalue weighted by atomic mass is 16.5. The van der Waals surface area contributed by atoms with Gasteiger partial charge in [0.05, 0.1) is 13.2 Å². The van der Waals surface area contributed by atoms with E-state index in [2.05, 4.69) is 5.32 Å². The van der Waals surface area contributed by atoms with E-state index in [0.29, 0.717) is 13.2 Å². The number of hydrogen-bond donors (Lipinski definition) is 3. The van der Waals surface area contributed by atoms with Crippen LogP contribution in [0.3, 0.4) is 0 Å². The minimum absolute atomic E-state index is 0.0528. The van der Waals surface area contributed by atoms with Crippen molar-refractivity contribution in [2.24, 2.45) is 5.73 Å². The topological polar surface area (TPSA) is 93.4 Å². The summed E-state index contributed by atoms with van der Waals surface area (Å²) in [4.78, 5) is 21.2. The predicted octanol–water partition coefficient (Wildman–Crippen LogP) is -0.804. The molecule has 0 saturated heterocycles. The van der Waals surface area contributed by atoms with E-state index in [4.69, 9.17) is 10.5 Å². The average Bonchev–Trinajstić information content (AvgIpc) is 2.10. The lowest BCUT2D eigenvalue weighted by atomic mass is 10.3. The summed E-state index contributed by atoms with van der Waals surface area (Å²) in [5.74, 6) is -0.444. The Kier molecular flexibility index (Phi) is 6.69. The lowest BCUT2D eigenvalue weighted by Gasteiger charge is -2.12. The molecule has 0 rings (SSSR count). The van der Waals surface area contributed by atoms with Crippen molar-refractivity contribution in [2.45, 2.75) is 19.9 Å². The van der Waals surface area contributed by atoms with Gasteiger partial charge in [0.2, 0.25) is 5.91 Å². The van der Waals surface area contributed by atoms with Crippen LogP contribution in [-0.2, 0) is 9.53 Å². The fourth-order valence-corrected chi connectivity index (χ4v) is 0.802. The number of urea groups is 1. The van der Waals surface area contributed by atoms with Crippen molar-refractivity contribution in [1.82, 2.24) is 10.6 Å². The third-order valence-electron chi connectivity index (χ3n) is 1.45. The monoisotopic (exact) mass is 203 g/mol. The summed E-state index contributed by atoms with van der Waals surface area (Å²) in [6.45, 7) is 5.00. The number of carbonyl (C=O) groups excluding carboxylic acids is 2. The summed E-state index contributed by atoms with van der Waals surface area (Å²) >= 11 is 0. The van der Waals surface area contributed by atoms with Gasteiger partial charge in [-0.3, -0.25) is 10.1 Å². The normalized spacial score (nSPS) is 12.1. The molecule has 0 aromatic rings. The van der Waals surface area contributed by atoms with E-state index in [1.165, 1.54) is 0 Å². The first-order valence-corrected chi connectivity index (χ1v) is 4.46. The van der Waals surface area contributed by atoms with Crippen LogP contribution in [-0.4, -0.2) is 37.7 Å². The van der Waals surface area contributed by atoms with Crippen LogP contribution < -0.4 is 16.4 Å². The van der Waals surface area contributed by atoms with Crippen LogP contribution in [0.4, 0.5) is 4.79 Å². The van der Waals surface area contributed by atoms with E-state index in [9.17, 15) is 9.59 Å². The SMILES string of the molecule is CCOCC(C)NCC(=O)NC(N)=O. The zero-order chi connectivity index (χ0) is 11.0. The lowest BCUT2D eigenvalue weighted by molar-refractivity contribution is -0.119. The maximum absolute atomic E-state index is 10.9. The van der Waals surface area contributed by atoms with E-state index in [1.807, 2.05) is 19.2 Å². The van der Waals surface area contributed by atoms with Gasteiger partial charge in [0.15, 0.2) is 0 Å². The van der Waals surface area contributed by atoms with Crippen LogP contribution in [0.15, 0.2) is 0 Å². The molecule has 0 aromatic heterocycles. The highest BCUT2D eigenvalue weighted by Crippen LogP contribution is 1.83. The number of carbonyl (C=O) groups is 2. The Morgan fingerprint density at radius 2 is 2.14 bits per heavy atom. The van der Waals surface area contributed by atoms with Crippen LogP contribution >= 0.6 is 0 Å². The third-order valence-corrected chi connectivity index (χ3v) is 1.45. The molecular formula is C8H17N3O3. The molecule has 0 fully saturated rings. The molecule has 14 heavy (non-hydrogen) atoms. The Labute approximate surface area is 83.2 Å². The minimum Gasteiger partial charge on any atom is -0.380 e. The van der Waals surface area contributed by atoms with Gasteiger partial charge in [0.1, 0.15) is 0 Å². The maximum atomic E-state index is 10.9. The van der Waals surface area contributed by atoms with Crippen LogP contribution in [0.2, 0.25) is 0 Å². The Bertz CT molecular complexity index is 196. The van der Waals surface area contributed by atoms with Crippen molar-refractivity contribution in [2.75, 3.05) is 19.8 Å². The summed E-state index contributed by atoms with van der Waals surface area (Å²) in [6.07, 6.45) is 0. The molecule has 0 aliphatic carbocycles. The highest BCUT2D eigenvalue weighted by molar-refractivity contribution is 5.94. The Morgan fingerprint density at radius 3 is 2.64 bits per heavy atom. The fourth-order valence-electron chi connectivity index (χ4n) is 0.802. The number of primary amides is 1. The molecule has 0 radical (unpaired) electrons. The molecule has 0 saturated carbocycles. The van der Waals surface area contributed by atoms with Gasteiger partial charge in [0.25, 0.3) is 0 Å². The second kappa shape index (κ2) is 7.28. The Balaban J connectivity index is 3.50. The number of hydrogen-bond acceptors (Lipinski definition) is 4. The number of nitrogens with two attached hydrogens (primary N) is 1. The number of amides is 3. The fraction of sp³-hybridized carbons (Fsp3) is 0.750. The molecule has 1 unspecified atom stereocenters. The van der Waals surface area contributed by atoms with Crippen molar-refractivity contribution in [3.05, 3.63) is 0 Å². The minimum atomic E-state index is -0.839. The predicted molar refractivity (Wildman–Crippen MR) is 51.7 cm³/mol. The second-order valence-electron chi connectivity index (χ2n) is 2.85. The van der Waals surface area contributed by atoms with E-state index >= 15 is 0 Å². The maximum Gasteiger partial charge on any atom is 0.318 e. The molecule has 0 bridgehead atoms. The molecule has 4 N–H and O–H groups in total. The highest BCUT2D eigenvalue weighted by Gasteiger charge is 2.06. The number of imide groups is 1. The van der Waals surface area contributed by atoms with E-state index in [0.717, 1.165) is 0 Å². The van der Waals surface area contributed by atoms with Gasteiger partial charge in [-0.1, -0.05) is 0 Å². The van der Waals surface area contributed by atoms with Gasteiger partial charge in [0, 0.05) is 12.6 Å². The lowest BCUT2D eigenvalue weighted by Crippen LogP contribution is -2.43. The smallest absolute Gasteiger partial charge is 0.318 e. The standard InChI is InChI=1S/C8H17N3O3/c1-3-14-5-6(2)10-4-7(12)11-8(9)13/h6,10H,3-5H2,1-2H3,(H3,9,11,12,13). The van der Waals surface area contributed by atoms with Crippen molar-refractivity contribution in [3.63, 3.8) is 0 Å². The first kappa shape index (κ1) is 12.9. The van der Waals surface area contributed by atoms with Gasteiger partial charge in [-0.2, -0.15) is 0 Å². The summed E-state index contributed by atoms with van der Waals surface area (Å²) in [5.41, 5.74) is 4.76. The first-order valence-electron chi connectivity index (χ1n) is 4.46. The van der Waals surface area contributed by atoms with Crippen molar-refractivity contribution in [1.29, 1.82) is 0 Å². The molecule has 6 nitrogen and oxygen atoms in total. The molecule has 0 aliphatic heterocycles. The molecule has 0 heterocycles.